The predicted octanol–water partition coefficient (Wildman–Crippen LogP) is 2.70. The van der Waals surface area contributed by atoms with Gasteiger partial charge in [0.05, 0.1) is 0 Å². The van der Waals surface area contributed by atoms with E-state index in [9.17, 15) is 0 Å². The lowest BCUT2D eigenvalue weighted by Crippen LogP contribution is -2.07. The van der Waals surface area contributed by atoms with E-state index >= 15 is 0 Å². The fourth-order valence-corrected chi connectivity index (χ4v) is 2.63. The molecule has 0 bridgehead atoms. The maximum Gasteiger partial charge on any atom is 0.180 e. The van der Waals surface area contributed by atoms with E-state index < -0.39 is 0 Å². The summed E-state index contributed by atoms with van der Waals surface area (Å²) in [6.07, 6.45) is 7.39. The van der Waals surface area contributed by atoms with Crippen molar-refractivity contribution in [1.29, 1.82) is 0 Å². The summed E-state index contributed by atoms with van der Waals surface area (Å²) in [4.78, 5) is 13.6. The van der Waals surface area contributed by atoms with Crippen LogP contribution in [0.5, 0.6) is 0 Å². The van der Waals surface area contributed by atoms with Crippen molar-refractivity contribution < 1.29 is 0 Å². The topological polar surface area (TPSA) is 64.7 Å². The van der Waals surface area contributed by atoms with Gasteiger partial charge in [0, 0.05) is 17.5 Å². The Hall–Kier alpha value is -1.97. The molecule has 0 fully saturated rings. The lowest BCUT2D eigenvalue weighted by Gasteiger charge is -2.11. The number of hydrogen-bond donors (Lipinski definition) is 1. The number of aryl methyl sites for hydroxylation is 2. The molecule has 0 radical (unpaired) electrons. The van der Waals surface area contributed by atoms with Gasteiger partial charge < -0.3 is 5.73 Å². The fraction of sp³-hybridized carbons (Fsp3) is 0.400. The average molecular weight is 254 g/mol. The van der Waals surface area contributed by atoms with Gasteiger partial charge >= 0.3 is 0 Å². The van der Waals surface area contributed by atoms with Gasteiger partial charge in [-0.05, 0) is 44.2 Å². The Morgan fingerprint density at radius 2 is 1.95 bits per heavy atom. The molecule has 4 nitrogen and oxygen atoms in total. The predicted molar refractivity (Wildman–Crippen MR) is 75.7 cm³/mol. The summed E-state index contributed by atoms with van der Waals surface area (Å²) >= 11 is 0. The number of hydrogen-bond acceptors (Lipinski definition) is 4. The SMILES string of the molecule is Cc1cccnc1-c1nc(N)c2c(n1)CCCCC2. The van der Waals surface area contributed by atoms with Gasteiger partial charge in [0.1, 0.15) is 11.5 Å². The third-order valence-electron chi connectivity index (χ3n) is 3.69. The Labute approximate surface area is 113 Å². The highest BCUT2D eigenvalue weighted by atomic mass is 15.0. The number of nitrogens with zero attached hydrogens (tertiary/aromatic N) is 3. The Balaban J connectivity index is 2.12. The van der Waals surface area contributed by atoms with E-state index in [1.54, 1.807) is 6.20 Å². The monoisotopic (exact) mass is 254 g/mol. The van der Waals surface area contributed by atoms with Crippen molar-refractivity contribution in [2.75, 3.05) is 5.73 Å². The number of fused-ring (bicyclic) bond motifs is 1. The molecule has 2 aromatic heterocycles. The van der Waals surface area contributed by atoms with E-state index in [-0.39, 0.29) is 0 Å². The number of nitrogen functional groups attached to an aromatic ring is 1. The molecule has 2 N–H and O–H groups in total. The van der Waals surface area contributed by atoms with Crippen LogP contribution in [0.2, 0.25) is 0 Å². The van der Waals surface area contributed by atoms with E-state index in [0.29, 0.717) is 11.6 Å². The highest BCUT2D eigenvalue weighted by Crippen LogP contribution is 2.26. The van der Waals surface area contributed by atoms with E-state index in [2.05, 4.69) is 9.97 Å². The molecule has 98 valence electrons. The molecule has 1 aliphatic rings. The van der Waals surface area contributed by atoms with Crippen molar-refractivity contribution >= 4 is 5.82 Å². The minimum Gasteiger partial charge on any atom is -0.383 e. The highest BCUT2D eigenvalue weighted by Gasteiger charge is 2.16. The molecule has 0 unspecified atom stereocenters. The molecule has 0 spiro atoms. The fourth-order valence-electron chi connectivity index (χ4n) is 2.63. The van der Waals surface area contributed by atoms with Crippen LogP contribution in [-0.4, -0.2) is 15.0 Å². The maximum absolute atomic E-state index is 6.12. The molecule has 4 heteroatoms. The van der Waals surface area contributed by atoms with Crippen LogP contribution in [0, 0.1) is 6.92 Å². The molecule has 0 atom stereocenters. The van der Waals surface area contributed by atoms with Gasteiger partial charge in [-0.3, -0.25) is 4.98 Å². The number of anilines is 1. The lowest BCUT2D eigenvalue weighted by molar-refractivity contribution is 0.709. The smallest absolute Gasteiger partial charge is 0.180 e. The van der Waals surface area contributed by atoms with Crippen molar-refractivity contribution in [3.05, 3.63) is 35.2 Å². The lowest BCUT2D eigenvalue weighted by atomic mass is 10.1. The average Bonchev–Trinajstić information content (AvgIpc) is 2.65. The van der Waals surface area contributed by atoms with Gasteiger partial charge in [-0.25, -0.2) is 9.97 Å². The van der Waals surface area contributed by atoms with Crippen LogP contribution >= 0.6 is 0 Å². The van der Waals surface area contributed by atoms with Gasteiger partial charge in [-0.15, -0.1) is 0 Å². The standard InChI is InChI=1S/C15H18N4/c1-10-6-5-9-17-13(10)15-18-12-8-4-2-3-7-11(12)14(16)19-15/h5-6,9H,2-4,7-8H2,1H3,(H2,16,18,19). The summed E-state index contributed by atoms with van der Waals surface area (Å²) in [7, 11) is 0. The Bertz CT molecular complexity index is 607. The first-order valence-corrected chi connectivity index (χ1v) is 6.83. The largest absolute Gasteiger partial charge is 0.383 e. The van der Waals surface area contributed by atoms with E-state index in [1.807, 2.05) is 19.1 Å². The van der Waals surface area contributed by atoms with Crippen LogP contribution in [0.15, 0.2) is 18.3 Å². The molecule has 0 saturated heterocycles. The zero-order chi connectivity index (χ0) is 13.2. The zero-order valence-corrected chi connectivity index (χ0v) is 11.2. The Morgan fingerprint density at radius 1 is 1.11 bits per heavy atom. The summed E-state index contributed by atoms with van der Waals surface area (Å²) in [5.41, 5.74) is 10.3. The summed E-state index contributed by atoms with van der Waals surface area (Å²) < 4.78 is 0. The molecule has 0 aromatic carbocycles. The van der Waals surface area contributed by atoms with E-state index in [0.717, 1.165) is 35.4 Å². The summed E-state index contributed by atoms with van der Waals surface area (Å²) in [5, 5.41) is 0. The third kappa shape index (κ3) is 2.30. The molecule has 2 heterocycles. The number of aromatic nitrogens is 3. The van der Waals surface area contributed by atoms with Crippen LogP contribution in [0.3, 0.4) is 0 Å². The van der Waals surface area contributed by atoms with Crippen molar-refractivity contribution in [1.82, 2.24) is 15.0 Å². The number of nitrogens with two attached hydrogens (primary N) is 1. The summed E-state index contributed by atoms with van der Waals surface area (Å²) in [6, 6.07) is 3.94. The van der Waals surface area contributed by atoms with Gasteiger partial charge in [-0.2, -0.15) is 0 Å². The summed E-state index contributed by atoms with van der Waals surface area (Å²) in [6.45, 7) is 2.02. The normalized spacial score (nSPS) is 14.8. The molecular weight excluding hydrogens is 236 g/mol. The number of pyridine rings is 1. The second kappa shape index (κ2) is 4.96. The second-order valence-electron chi connectivity index (χ2n) is 5.09. The quantitative estimate of drug-likeness (QED) is 0.795. The maximum atomic E-state index is 6.12. The van der Waals surface area contributed by atoms with Crippen molar-refractivity contribution in [3.8, 4) is 11.5 Å². The van der Waals surface area contributed by atoms with Crippen LogP contribution in [-0.2, 0) is 12.8 Å². The molecule has 3 rings (SSSR count). The molecular formula is C15H18N4. The first-order chi connectivity index (χ1) is 9.25. The number of rotatable bonds is 1. The zero-order valence-electron chi connectivity index (χ0n) is 11.2. The molecule has 2 aromatic rings. The molecule has 0 saturated carbocycles. The van der Waals surface area contributed by atoms with Gasteiger partial charge in [0.2, 0.25) is 0 Å². The van der Waals surface area contributed by atoms with Crippen LogP contribution in [0.4, 0.5) is 5.82 Å². The Morgan fingerprint density at radius 3 is 2.79 bits per heavy atom. The molecule has 1 aliphatic carbocycles. The van der Waals surface area contributed by atoms with Crippen molar-refractivity contribution in [2.24, 2.45) is 0 Å². The third-order valence-corrected chi connectivity index (χ3v) is 3.69. The minimum atomic E-state index is 0.631. The second-order valence-corrected chi connectivity index (χ2v) is 5.09. The first kappa shape index (κ1) is 12.1. The first-order valence-electron chi connectivity index (χ1n) is 6.83. The van der Waals surface area contributed by atoms with Crippen LogP contribution < -0.4 is 5.73 Å². The van der Waals surface area contributed by atoms with Crippen molar-refractivity contribution in [3.63, 3.8) is 0 Å². The van der Waals surface area contributed by atoms with Gasteiger partial charge in [-0.1, -0.05) is 12.5 Å². The van der Waals surface area contributed by atoms with E-state index in [4.69, 9.17) is 10.7 Å². The van der Waals surface area contributed by atoms with E-state index in [1.165, 1.54) is 19.3 Å². The van der Waals surface area contributed by atoms with Gasteiger partial charge in [0.25, 0.3) is 0 Å². The molecule has 0 amide bonds. The highest BCUT2D eigenvalue weighted by molar-refractivity contribution is 5.58. The van der Waals surface area contributed by atoms with Crippen LogP contribution in [0.1, 0.15) is 36.1 Å². The summed E-state index contributed by atoms with van der Waals surface area (Å²) in [5.74, 6) is 1.29. The molecule has 0 aliphatic heterocycles. The minimum absolute atomic E-state index is 0.631. The van der Waals surface area contributed by atoms with Crippen LogP contribution in [0.25, 0.3) is 11.5 Å². The molecule has 19 heavy (non-hydrogen) atoms. The van der Waals surface area contributed by atoms with Gasteiger partial charge in [0.15, 0.2) is 5.82 Å². The van der Waals surface area contributed by atoms with Crippen molar-refractivity contribution in [2.45, 2.75) is 39.0 Å². The Kier molecular flexibility index (Phi) is 3.15.